The molecule has 1 amide bonds. The monoisotopic (exact) mass is 548 g/mol. The van der Waals surface area contributed by atoms with Crippen molar-refractivity contribution in [3.63, 3.8) is 0 Å². The van der Waals surface area contributed by atoms with Gasteiger partial charge in [0.1, 0.15) is 5.82 Å². The molecule has 0 aliphatic carbocycles. The average molecular weight is 548 g/mol. The summed E-state index contributed by atoms with van der Waals surface area (Å²) in [6.07, 6.45) is 3.49. The van der Waals surface area contributed by atoms with E-state index in [1.807, 2.05) is 29.3 Å². The molecule has 0 radical (unpaired) electrons. The SMILES string of the molecule is CCNC(=NCc1ccccc1CN1CCCC1=O)N1CCN(c2ccccn2)CC1.I. The summed E-state index contributed by atoms with van der Waals surface area (Å²) in [5, 5.41) is 3.45. The minimum Gasteiger partial charge on any atom is -0.357 e. The zero-order valence-electron chi connectivity index (χ0n) is 18.7. The van der Waals surface area contributed by atoms with Crippen molar-refractivity contribution in [3.8, 4) is 0 Å². The van der Waals surface area contributed by atoms with Crippen LogP contribution < -0.4 is 10.2 Å². The molecule has 0 unspecified atom stereocenters. The van der Waals surface area contributed by atoms with Gasteiger partial charge in [0.15, 0.2) is 5.96 Å². The zero-order valence-corrected chi connectivity index (χ0v) is 21.1. The van der Waals surface area contributed by atoms with Gasteiger partial charge in [-0.3, -0.25) is 4.79 Å². The highest BCUT2D eigenvalue weighted by Gasteiger charge is 2.22. The number of halogens is 1. The second-order valence-electron chi connectivity index (χ2n) is 8.02. The van der Waals surface area contributed by atoms with Crippen molar-refractivity contribution in [3.05, 3.63) is 59.8 Å². The zero-order chi connectivity index (χ0) is 21.5. The molecule has 172 valence electrons. The molecule has 0 spiro atoms. The first-order valence-electron chi connectivity index (χ1n) is 11.3. The number of guanidine groups is 1. The van der Waals surface area contributed by atoms with E-state index < -0.39 is 0 Å². The Balaban J connectivity index is 0.00000289. The summed E-state index contributed by atoms with van der Waals surface area (Å²) in [6.45, 7) is 8.77. The average Bonchev–Trinajstić information content (AvgIpc) is 3.22. The number of pyridine rings is 1. The lowest BCUT2D eigenvalue weighted by molar-refractivity contribution is -0.128. The second-order valence-corrected chi connectivity index (χ2v) is 8.02. The number of likely N-dealkylation sites (tertiary alicyclic amines) is 1. The molecule has 2 aliphatic rings. The molecule has 0 bridgehead atoms. The van der Waals surface area contributed by atoms with E-state index in [0.29, 0.717) is 19.5 Å². The number of hydrogen-bond donors (Lipinski definition) is 1. The lowest BCUT2D eigenvalue weighted by Crippen LogP contribution is -2.52. The second kappa shape index (κ2) is 12.0. The number of carbonyl (C=O) groups is 1. The van der Waals surface area contributed by atoms with Gasteiger partial charge in [-0.15, -0.1) is 24.0 Å². The Morgan fingerprint density at radius 2 is 1.78 bits per heavy atom. The van der Waals surface area contributed by atoms with Crippen molar-refractivity contribution < 1.29 is 4.79 Å². The van der Waals surface area contributed by atoms with E-state index in [1.54, 1.807) is 0 Å². The normalized spacial score (nSPS) is 16.8. The summed E-state index contributed by atoms with van der Waals surface area (Å²) in [5.74, 6) is 2.25. The standard InChI is InChI=1S/C24H32N6O.HI/c1-2-25-24(29-16-14-28(15-17-29)22-10-5-6-12-26-22)27-18-20-8-3-4-9-21(20)19-30-13-7-11-23(30)31;/h3-6,8-10,12H,2,7,11,13-19H2,1H3,(H,25,27);1H. The van der Waals surface area contributed by atoms with Crippen LogP contribution in [0.4, 0.5) is 5.82 Å². The van der Waals surface area contributed by atoms with Gasteiger partial charge in [-0.05, 0) is 36.6 Å². The highest BCUT2D eigenvalue weighted by atomic mass is 127. The van der Waals surface area contributed by atoms with Gasteiger partial charge in [0.25, 0.3) is 0 Å². The number of piperazine rings is 1. The van der Waals surface area contributed by atoms with E-state index >= 15 is 0 Å². The van der Waals surface area contributed by atoms with Gasteiger partial charge < -0.3 is 20.0 Å². The Kier molecular flexibility index (Phi) is 9.13. The quantitative estimate of drug-likeness (QED) is 0.342. The van der Waals surface area contributed by atoms with E-state index in [-0.39, 0.29) is 29.9 Å². The smallest absolute Gasteiger partial charge is 0.222 e. The first-order chi connectivity index (χ1) is 15.2. The van der Waals surface area contributed by atoms with Gasteiger partial charge in [-0.2, -0.15) is 0 Å². The van der Waals surface area contributed by atoms with Crippen LogP contribution in [0, 0.1) is 0 Å². The van der Waals surface area contributed by atoms with Crippen LogP contribution in [0.3, 0.4) is 0 Å². The number of hydrogen-bond acceptors (Lipinski definition) is 4. The number of nitrogens with one attached hydrogen (secondary N) is 1. The first kappa shape index (κ1) is 24.3. The third-order valence-corrected chi connectivity index (χ3v) is 5.94. The van der Waals surface area contributed by atoms with E-state index in [0.717, 1.165) is 57.5 Å². The summed E-state index contributed by atoms with van der Waals surface area (Å²) in [7, 11) is 0. The van der Waals surface area contributed by atoms with Crippen molar-refractivity contribution in [2.24, 2.45) is 4.99 Å². The summed E-state index contributed by atoms with van der Waals surface area (Å²) in [6, 6.07) is 14.4. The van der Waals surface area contributed by atoms with Crippen molar-refractivity contribution in [2.75, 3.05) is 44.2 Å². The summed E-state index contributed by atoms with van der Waals surface area (Å²) < 4.78 is 0. The van der Waals surface area contributed by atoms with Gasteiger partial charge in [0, 0.05) is 58.4 Å². The Hall–Kier alpha value is -2.36. The van der Waals surface area contributed by atoms with Gasteiger partial charge in [-0.1, -0.05) is 30.3 Å². The third-order valence-electron chi connectivity index (χ3n) is 5.94. The van der Waals surface area contributed by atoms with Crippen LogP contribution in [-0.4, -0.2) is 65.9 Å². The van der Waals surface area contributed by atoms with E-state index in [1.165, 1.54) is 11.1 Å². The highest BCUT2D eigenvalue weighted by Crippen LogP contribution is 2.18. The number of nitrogens with zero attached hydrogens (tertiary/aromatic N) is 5. The first-order valence-corrected chi connectivity index (χ1v) is 11.3. The largest absolute Gasteiger partial charge is 0.357 e. The summed E-state index contributed by atoms with van der Waals surface area (Å²) >= 11 is 0. The molecule has 0 saturated carbocycles. The van der Waals surface area contributed by atoms with Crippen LogP contribution in [0.15, 0.2) is 53.7 Å². The summed E-state index contributed by atoms with van der Waals surface area (Å²) in [4.78, 5) is 28.1. The van der Waals surface area contributed by atoms with Gasteiger partial charge in [-0.25, -0.2) is 9.98 Å². The molecule has 2 aromatic rings. The summed E-state index contributed by atoms with van der Waals surface area (Å²) in [5.41, 5.74) is 2.38. The minimum absolute atomic E-state index is 0. The lowest BCUT2D eigenvalue weighted by atomic mass is 10.1. The van der Waals surface area contributed by atoms with E-state index in [2.05, 4.69) is 51.3 Å². The predicted molar refractivity (Wildman–Crippen MR) is 139 cm³/mol. The molecule has 2 saturated heterocycles. The number of anilines is 1. The molecule has 4 rings (SSSR count). The Bertz CT molecular complexity index is 898. The van der Waals surface area contributed by atoms with Crippen LogP contribution in [0.5, 0.6) is 0 Å². The molecule has 2 aliphatic heterocycles. The molecule has 1 aromatic carbocycles. The van der Waals surface area contributed by atoms with Crippen LogP contribution >= 0.6 is 24.0 Å². The molecule has 1 aromatic heterocycles. The number of amides is 1. The number of aliphatic imine (C=N–C) groups is 1. The number of rotatable bonds is 6. The Morgan fingerprint density at radius 1 is 1.03 bits per heavy atom. The Labute approximate surface area is 207 Å². The van der Waals surface area contributed by atoms with Crippen LogP contribution in [0.25, 0.3) is 0 Å². The van der Waals surface area contributed by atoms with Crippen LogP contribution in [0.2, 0.25) is 0 Å². The van der Waals surface area contributed by atoms with Gasteiger partial charge in [0.05, 0.1) is 6.54 Å². The molecular formula is C24H33IN6O. The third kappa shape index (κ3) is 6.11. The fourth-order valence-corrected chi connectivity index (χ4v) is 4.22. The van der Waals surface area contributed by atoms with E-state index in [9.17, 15) is 4.79 Å². The van der Waals surface area contributed by atoms with Gasteiger partial charge >= 0.3 is 0 Å². The predicted octanol–water partition coefficient (Wildman–Crippen LogP) is 3.11. The molecule has 32 heavy (non-hydrogen) atoms. The molecule has 2 fully saturated rings. The maximum Gasteiger partial charge on any atom is 0.222 e. The fourth-order valence-electron chi connectivity index (χ4n) is 4.22. The molecule has 0 atom stereocenters. The van der Waals surface area contributed by atoms with Crippen LogP contribution in [-0.2, 0) is 17.9 Å². The van der Waals surface area contributed by atoms with Crippen molar-refractivity contribution in [1.82, 2.24) is 20.1 Å². The van der Waals surface area contributed by atoms with Crippen molar-refractivity contribution in [1.29, 1.82) is 0 Å². The number of aromatic nitrogens is 1. The number of carbonyl (C=O) groups excluding carboxylic acids is 1. The lowest BCUT2D eigenvalue weighted by Gasteiger charge is -2.37. The van der Waals surface area contributed by atoms with E-state index in [4.69, 9.17) is 4.99 Å². The molecule has 8 heteroatoms. The minimum atomic E-state index is 0. The van der Waals surface area contributed by atoms with Crippen LogP contribution in [0.1, 0.15) is 30.9 Å². The van der Waals surface area contributed by atoms with Crippen molar-refractivity contribution >= 4 is 41.7 Å². The maximum atomic E-state index is 12.1. The van der Waals surface area contributed by atoms with Crippen molar-refractivity contribution in [2.45, 2.75) is 32.9 Å². The number of benzene rings is 1. The topological polar surface area (TPSA) is 64.1 Å². The Morgan fingerprint density at radius 3 is 2.44 bits per heavy atom. The molecule has 7 nitrogen and oxygen atoms in total. The van der Waals surface area contributed by atoms with Gasteiger partial charge in [0.2, 0.25) is 5.91 Å². The maximum absolute atomic E-state index is 12.1. The molecule has 3 heterocycles. The molecule has 1 N–H and O–H groups in total. The highest BCUT2D eigenvalue weighted by molar-refractivity contribution is 14.0. The molecular weight excluding hydrogens is 515 g/mol. The fraction of sp³-hybridized carbons (Fsp3) is 0.458.